The van der Waals surface area contributed by atoms with E-state index in [1.807, 2.05) is 37.3 Å². The third-order valence-corrected chi connectivity index (χ3v) is 4.56. The van der Waals surface area contributed by atoms with Crippen molar-refractivity contribution in [3.05, 3.63) is 35.9 Å². The molecule has 1 aromatic rings. The first kappa shape index (κ1) is 19.4. The molecule has 0 amide bonds. The number of likely N-dealkylation sites (tertiary alicyclic amines) is 1. The van der Waals surface area contributed by atoms with Crippen molar-refractivity contribution >= 4 is 11.9 Å². The molecule has 2 atom stereocenters. The highest BCUT2D eigenvalue weighted by atomic mass is 16.6. The van der Waals surface area contributed by atoms with Crippen molar-refractivity contribution in [3.8, 4) is 0 Å². The first-order valence-electron chi connectivity index (χ1n) is 8.75. The number of aliphatic hydroxyl groups is 1. The number of carbonyl (C=O) groups excluding carboxylic acids is 2. The van der Waals surface area contributed by atoms with Crippen molar-refractivity contribution in [2.75, 3.05) is 19.8 Å². The second-order valence-corrected chi connectivity index (χ2v) is 6.48. The predicted molar refractivity (Wildman–Crippen MR) is 92.6 cm³/mol. The van der Waals surface area contributed by atoms with Crippen LogP contribution in [0.4, 0.5) is 0 Å². The molecule has 2 unspecified atom stereocenters. The highest BCUT2D eigenvalue weighted by molar-refractivity contribution is 5.96. The molecule has 6 heteroatoms. The van der Waals surface area contributed by atoms with E-state index < -0.39 is 23.5 Å². The Bertz CT molecular complexity index is 573. The fourth-order valence-electron chi connectivity index (χ4n) is 3.44. The van der Waals surface area contributed by atoms with Gasteiger partial charge in [-0.05, 0) is 32.8 Å². The maximum absolute atomic E-state index is 12.3. The monoisotopic (exact) mass is 349 g/mol. The molecule has 0 bridgehead atoms. The van der Waals surface area contributed by atoms with Gasteiger partial charge in [0.2, 0.25) is 0 Å². The minimum absolute atomic E-state index is 0.0246. The standard InChI is InChI=1S/C19H27NO5/c1-4-24-17(21)16(18(22)25-5-2)19(23)11-14(3)20(13-19)12-15-9-7-6-8-10-15/h6-10,14,16,23H,4-5,11-13H2,1-3H3. The van der Waals surface area contributed by atoms with Crippen molar-refractivity contribution in [2.45, 2.75) is 45.4 Å². The lowest BCUT2D eigenvalue weighted by molar-refractivity contribution is -0.173. The summed E-state index contributed by atoms with van der Waals surface area (Å²) in [6.07, 6.45) is 0.308. The Hall–Kier alpha value is -1.92. The van der Waals surface area contributed by atoms with E-state index in [2.05, 4.69) is 4.90 Å². The van der Waals surface area contributed by atoms with Gasteiger partial charge in [0.1, 0.15) is 5.60 Å². The van der Waals surface area contributed by atoms with Crippen LogP contribution >= 0.6 is 0 Å². The molecule has 0 aromatic heterocycles. The molecule has 25 heavy (non-hydrogen) atoms. The molecule has 0 radical (unpaired) electrons. The van der Waals surface area contributed by atoms with Crippen molar-refractivity contribution in [1.82, 2.24) is 4.90 Å². The Balaban J connectivity index is 2.19. The smallest absolute Gasteiger partial charge is 0.323 e. The van der Waals surface area contributed by atoms with Crippen LogP contribution in [0.5, 0.6) is 0 Å². The normalized spacial score (nSPS) is 23.6. The van der Waals surface area contributed by atoms with Crippen LogP contribution in [0, 0.1) is 5.92 Å². The molecular weight excluding hydrogens is 322 g/mol. The SMILES string of the molecule is CCOC(=O)C(C(=O)OCC)C1(O)CC(C)N(Cc2ccccc2)C1. The van der Waals surface area contributed by atoms with Crippen molar-refractivity contribution in [2.24, 2.45) is 5.92 Å². The number of ether oxygens (including phenoxy) is 2. The molecule has 0 spiro atoms. The van der Waals surface area contributed by atoms with E-state index in [9.17, 15) is 14.7 Å². The van der Waals surface area contributed by atoms with E-state index in [0.717, 1.165) is 5.56 Å². The van der Waals surface area contributed by atoms with Gasteiger partial charge in [-0.1, -0.05) is 30.3 Å². The van der Waals surface area contributed by atoms with Crippen LogP contribution < -0.4 is 0 Å². The molecule has 1 heterocycles. The number of nitrogens with zero attached hydrogens (tertiary/aromatic N) is 1. The fourth-order valence-corrected chi connectivity index (χ4v) is 3.44. The van der Waals surface area contributed by atoms with Gasteiger partial charge in [0.25, 0.3) is 0 Å². The maximum Gasteiger partial charge on any atom is 0.323 e. The molecule has 1 saturated heterocycles. The van der Waals surface area contributed by atoms with Crippen molar-refractivity contribution < 1.29 is 24.2 Å². The van der Waals surface area contributed by atoms with Gasteiger partial charge in [-0.15, -0.1) is 0 Å². The largest absolute Gasteiger partial charge is 0.465 e. The van der Waals surface area contributed by atoms with Crippen LogP contribution in [0.1, 0.15) is 32.8 Å². The highest BCUT2D eigenvalue weighted by Gasteiger charge is 2.54. The molecule has 6 nitrogen and oxygen atoms in total. The summed E-state index contributed by atoms with van der Waals surface area (Å²) in [4.78, 5) is 26.7. The Morgan fingerprint density at radius 1 is 1.20 bits per heavy atom. The Morgan fingerprint density at radius 3 is 2.28 bits per heavy atom. The van der Waals surface area contributed by atoms with Gasteiger partial charge in [0.05, 0.1) is 13.2 Å². The third-order valence-electron chi connectivity index (χ3n) is 4.56. The topological polar surface area (TPSA) is 76.1 Å². The summed E-state index contributed by atoms with van der Waals surface area (Å²) in [5, 5.41) is 11.1. The average Bonchev–Trinajstić information content (AvgIpc) is 2.83. The van der Waals surface area contributed by atoms with Crippen LogP contribution in [-0.4, -0.2) is 53.3 Å². The van der Waals surface area contributed by atoms with Gasteiger partial charge >= 0.3 is 11.9 Å². The summed E-state index contributed by atoms with van der Waals surface area (Å²) in [5.74, 6) is -2.77. The minimum Gasteiger partial charge on any atom is -0.465 e. The van der Waals surface area contributed by atoms with E-state index in [1.165, 1.54) is 0 Å². The average molecular weight is 349 g/mol. The maximum atomic E-state index is 12.3. The van der Waals surface area contributed by atoms with E-state index in [0.29, 0.717) is 13.0 Å². The summed E-state index contributed by atoms with van der Waals surface area (Å²) < 4.78 is 10.0. The zero-order valence-corrected chi connectivity index (χ0v) is 15.1. The lowest BCUT2D eigenvalue weighted by Crippen LogP contribution is -2.50. The van der Waals surface area contributed by atoms with Crippen LogP contribution in [-0.2, 0) is 25.6 Å². The first-order chi connectivity index (χ1) is 11.9. The quantitative estimate of drug-likeness (QED) is 0.597. The molecule has 0 saturated carbocycles. The summed E-state index contributed by atoms with van der Waals surface area (Å²) in [6.45, 7) is 6.47. The molecule has 0 aliphatic carbocycles. The third kappa shape index (κ3) is 4.58. The second-order valence-electron chi connectivity index (χ2n) is 6.48. The molecule has 1 aliphatic heterocycles. The molecule has 1 fully saturated rings. The number of hydrogen-bond donors (Lipinski definition) is 1. The van der Waals surface area contributed by atoms with Gasteiger partial charge < -0.3 is 14.6 Å². The van der Waals surface area contributed by atoms with Gasteiger partial charge in [0, 0.05) is 19.1 Å². The number of β-amino-alcohol motifs (C(OH)–C–C–N with tert-alkyl or cyclic N) is 1. The minimum atomic E-state index is -1.49. The zero-order valence-electron chi connectivity index (χ0n) is 15.1. The van der Waals surface area contributed by atoms with Crippen LogP contribution in [0.15, 0.2) is 30.3 Å². The Kier molecular flexibility index (Phi) is 6.56. The van der Waals surface area contributed by atoms with Gasteiger partial charge in [-0.25, -0.2) is 0 Å². The highest BCUT2D eigenvalue weighted by Crippen LogP contribution is 2.35. The molecule has 1 N–H and O–H groups in total. The lowest BCUT2D eigenvalue weighted by Gasteiger charge is -2.29. The van der Waals surface area contributed by atoms with E-state index in [-0.39, 0.29) is 25.8 Å². The van der Waals surface area contributed by atoms with E-state index >= 15 is 0 Å². The van der Waals surface area contributed by atoms with E-state index in [1.54, 1.807) is 13.8 Å². The van der Waals surface area contributed by atoms with Crippen LogP contribution in [0.3, 0.4) is 0 Å². The Morgan fingerprint density at radius 2 is 1.76 bits per heavy atom. The second kappa shape index (κ2) is 8.45. The number of carbonyl (C=O) groups is 2. The molecule has 1 aliphatic rings. The fraction of sp³-hybridized carbons (Fsp3) is 0.579. The Labute approximate surface area is 148 Å². The van der Waals surface area contributed by atoms with Gasteiger partial charge in [-0.3, -0.25) is 14.5 Å². The molecule has 2 rings (SSSR count). The number of rotatable bonds is 7. The number of hydrogen-bond acceptors (Lipinski definition) is 6. The van der Waals surface area contributed by atoms with Crippen LogP contribution in [0.25, 0.3) is 0 Å². The van der Waals surface area contributed by atoms with Crippen LogP contribution in [0.2, 0.25) is 0 Å². The summed E-state index contributed by atoms with van der Waals surface area (Å²) in [6, 6.07) is 9.92. The first-order valence-corrected chi connectivity index (χ1v) is 8.75. The van der Waals surface area contributed by atoms with Crippen molar-refractivity contribution in [3.63, 3.8) is 0 Å². The zero-order chi connectivity index (χ0) is 18.4. The lowest BCUT2D eigenvalue weighted by atomic mass is 9.85. The number of esters is 2. The van der Waals surface area contributed by atoms with Gasteiger partial charge in [-0.2, -0.15) is 0 Å². The van der Waals surface area contributed by atoms with E-state index in [4.69, 9.17) is 9.47 Å². The number of benzene rings is 1. The summed E-state index contributed by atoms with van der Waals surface area (Å²) in [7, 11) is 0. The van der Waals surface area contributed by atoms with Crippen molar-refractivity contribution in [1.29, 1.82) is 0 Å². The molecule has 1 aromatic carbocycles. The molecule has 138 valence electrons. The van der Waals surface area contributed by atoms with Gasteiger partial charge in [0.15, 0.2) is 5.92 Å². The summed E-state index contributed by atoms with van der Waals surface area (Å²) in [5.41, 5.74) is -0.380. The molecular formula is C19H27NO5. The summed E-state index contributed by atoms with van der Waals surface area (Å²) >= 11 is 0. The predicted octanol–water partition coefficient (Wildman–Crippen LogP) is 1.75.